The van der Waals surface area contributed by atoms with E-state index in [-0.39, 0.29) is 5.52 Å². The summed E-state index contributed by atoms with van der Waals surface area (Å²) in [7, 11) is 0. The third-order valence-electron chi connectivity index (χ3n) is 3.44. The highest BCUT2D eigenvalue weighted by Gasteiger charge is 2.20. The first-order valence-electron chi connectivity index (χ1n) is 6.78. The molecule has 21 heavy (non-hydrogen) atoms. The molecule has 1 atom stereocenters. The molecular formula is C14H15ClF2N2S2. The third-order valence-corrected chi connectivity index (χ3v) is 6.46. The zero-order valence-electron chi connectivity index (χ0n) is 11.3. The van der Waals surface area contributed by atoms with E-state index < -0.39 is 11.6 Å². The van der Waals surface area contributed by atoms with E-state index in [0.717, 1.165) is 29.9 Å². The Hall–Kier alpha value is -0.460. The van der Waals surface area contributed by atoms with E-state index in [1.54, 1.807) is 0 Å². The van der Waals surface area contributed by atoms with Crippen LogP contribution in [0.1, 0.15) is 5.82 Å². The number of hydrogen-bond acceptors (Lipinski definition) is 3. The van der Waals surface area contributed by atoms with Crippen LogP contribution in [0.25, 0.3) is 11.0 Å². The molecule has 0 radical (unpaired) electrons. The molecule has 1 aliphatic heterocycles. The van der Waals surface area contributed by atoms with Crippen molar-refractivity contribution in [3.63, 3.8) is 0 Å². The first-order chi connectivity index (χ1) is 10.2. The predicted octanol–water partition coefficient (Wildman–Crippen LogP) is 3.94. The van der Waals surface area contributed by atoms with Gasteiger partial charge in [0, 0.05) is 47.4 Å². The van der Waals surface area contributed by atoms with E-state index in [0.29, 0.717) is 23.1 Å². The molecule has 1 aromatic heterocycles. The standard InChI is InChI=1S/C14H15ClF2N2S2/c15-2-1-13-18-14-11(17)5-9(16)6-12(14)19(13)7-10-8-20-3-4-21-10/h5-6,10H,1-4,7-8H2. The molecule has 2 heterocycles. The molecule has 2 aromatic rings. The quantitative estimate of drug-likeness (QED) is 0.779. The Balaban J connectivity index is 2.02. The van der Waals surface area contributed by atoms with Gasteiger partial charge in [-0.05, 0) is 6.07 Å². The maximum Gasteiger partial charge on any atom is 0.153 e. The largest absolute Gasteiger partial charge is 0.327 e. The van der Waals surface area contributed by atoms with E-state index in [2.05, 4.69) is 4.98 Å². The summed E-state index contributed by atoms with van der Waals surface area (Å²) in [6, 6.07) is 2.25. The molecule has 0 saturated carbocycles. The van der Waals surface area contributed by atoms with Crippen molar-refractivity contribution in [2.75, 3.05) is 23.1 Å². The summed E-state index contributed by atoms with van der Waals surface area (Å²) >= 11 is 9.66. The number of aromatic nitrogens is 2. The maximum absolute atomic E-state index is 13.9. The summed E-state index contributed by atoms with van der Waals surface area (Å²) in [6.45, 7) is 0.725. The molecule has 1 unspecified atom stereocenters. The van der Waals surface area contributed by atoms with Crippen molar-refractivity contribution >= 4 is 46.2 Å². The minimum Gasteiger partial charge on any atom is -0.327 e. The topological polar surface area (TPSA) is 17.8 Å². The van der Waals surface area contributed by atoms with Crippen LogP contribution in [0.15, 0.2) is 12.1 Å². The van der Waals surface area contributed by atoms with Crippen LogP contribution in [0.3, 0.4) is 0 Å². The first kappa shape index (κ1) is 15.4. The van der Waals surface area contributed by atoms with Crippen LogP contribution in [-0.2, 0) is 13.0 Å². The molecule has 0 aliphatic carbocycles. The second-order valence-electron chi connectivity index (χ2n) is 4.90. The fourth-order valence-corrected chi connectivity index (χ4v) is 5.34. The highest BCUT2D eigenvalue weighted by Crippen LogP contribution is 2.28. The third kappa shape index (κ3) is 3.32. The van der Waals surface area contributed by atoms with Crippen molar-refractivity contribution in [3.05, 3.63) is 29.6 Å². The minimum absolute atomic E-state index is 0.241. The molecule has 1 saturated heterocycles. The molecule has 1 aromatic carbocycles. The molecule has 0 N–H and O–H groups in total. The predicted molar refractivity (Wildman–Crippen MR) is 87.6 cm³/mol. The number of alkyl halides is 1. The Kier molecular flexibility index (Phi) is 4.96. The van der Waals surface area contributed by atoms with Crippen LogP contribution >= 0.6 is 35.1 Å². The molecule has 3 rings (SSSR count). The number of nitrogens with zero attached hydrogens (tertiary/aromatic N) is 2. The molecule has 0 bridgehead atoms. The number of rotatable bonds is 4. The maximum atomic E-state index is 13.9. The monoisotopic (exact) mass is 348 g/mol. The van der Waals surface area contributed by atoms with Gasteiger partial charge in [-0.15, -0.1) is 11.6 Å². The number of benzene rings is 1. The lowest BCUT2D eigenvalue weighted by Crippen LogP contribution is -2.21. The molecule has 0 amide bonds. The number of hydrogen-bond donors (Lipinski definition) is 0. The molecule has 114 valence electrons. The van der Waals surface area contributed by atoms with E-state index in [1.165, 1.54) is 11.8 Å². The van der Waals surface area contributed by atoms with Crippen LogP contribution < -0.4 is 0 Å². The molecule has 0 spiro atoms. The molecule has 1 fully saturated rings. The lowest BCUT2D eigenvalue weighted by molar-refractivity contribution is 0.589. The normalized spacial score (nSPS) is 19.3. The SMILES string of the molecule is Fc1cc(F)c2nc(CCCl)n(CC3CSCCS3)c2c1. The summed E-state index contributed by atoms with van der Waals surface area (Å²) in [4.78, 5) is 4.33. The van der Waals surface area contributed by atoms with Gasteiger partial charge in [0.2, 0.25) is 0 Å². The van der Waals surface area contributed by atoms with Crippen LogP contribution in [0, 0.1) is 11.6 Å². The van der Waals surface area contributed by atoms with Gasteiger partial charge in [0.1, 0.15) is 17.2 Å². The highest BCUT2D eigenvalue weighted by atomic mass is 35.5. The summed E-state index contributed by atoms with van der Waals surface area (Å²) in [5.41, 5.74) is 0.772. The second kappa shape index (κ2) is 6.75. The van der Waals surface area contributed by atoms with Gasteiger partial charge in [-0.3, -0.25) is 0 Å². The fourth-order valence-electron chi connectivity index (χ4n) is 2.52. The summed E-state index contributed by atoms with van der Waals surface area (Å²) < 4.78 is 29.4. The number of halogens is 3. The van der Waals surface area contributed by atoms with Crippen LogP contribution in [0.4, 0.5) is 8.78 Å². The number of aryl methyl sites for hydroxylation is 1. The Morgan fingerprint density at radius 3 is 2.90 bits per heavy atom. The Morgan fingerprint density at radius 2 is 2.19 bits per heavy atom. The van der Waals surface area contributed by atoms with Crippen molar-refractivity contribution in [1.29, 1.82) is 0 Å². The van der Waals surface area contributed by atoms with Gasteiger partial charge in [0.15, 0.2) is 5.82 Å². The Labute approximate surface area is 135 Å². The highest BCUT2D eigenvalue weighted by molar-refractivity contribution is 8.06. The Morgan fingerprint density at radius 1 is 1.33 bits per heavy atom. The fraction of sp³-hybridized carbons (Fsp3) is 0.500. The summed E-state index contributed by atoms with van der Waals surface area (Å²) in [5, 5.41) is 0.446. The van der Waals surface area contributed by atoms with Gasteiger partial charge >= 0.3 is 0 Å². The minimum atomic E-state index is -0.606. The first-order valence-corrected chi connectivity index (χ1v) is 9.52. The van der Waals surface area contributed by atoms with Crippen LogP contribution in [0.2, 0.25) is 0 Å². The molecular weight excluding hydrogens is 334 g/mol. The zero-order chi connectivity index (χ0) is 14.8. The summed E-state index contributed by atoms with van der Waals surface area (Å²) in [6.07, 6.45) is 0.557. The number of fused-ring (bicyclic) bond motifs is 1. The number of imidazole rings is 1. The molecule has 1 aliphatic rings. The van der Waals surface area contributed by atoms with Gasteiger partial charge in [0.25, 0.3) is 0 Å². The Bertz CT molecular complexity index is 641. The van der Waals surface area contributed by atoms with Crippen molar-refractivity contribution < 1.29 is 8.78 Å². The van der Waals surface area contributed by atoms with Crippen LogP contribution in [0.5, 0.6) is 0 Å². The van der Waals surface area contributed by atoms with Crippen molar-refractivity contribution in [2.24, 2.45) is 0 Å². The van der Waals surface area contributed by atoms with Gasteiger partial charge in [-0.1, -0.05) is 0 Å². The van der Waals surface area contributed by atoms with Gasteiger partial charge in [0.05, 0.1) is 5.52 Å². The van der Waals surface area contributed by atoms with E-state index >= 15 is 0 Å². The second-order valence-corrected chi connectivity index (χ2v) is 7.84. The van der Waals surface area contributed by atoms with E-state index in [1.807, 2.05) is 28.1 Å². The average molecular weight is 349 g/mol. The van der Waals surface area contributed by atoms with Crippen LogP contribution in [-0.4, -0.2) is 37.9 Å². The zero-order valence-corrected chi connectivity index (χ0v) is 13.7. The lowest BCUT2D eigenvalue weighted by atomic mass is 10.3. The van der Waals surface area contributed by atoms with Crippen molar-refractivity contribution in [1.82, 2.24) is 9.55 Å². The summed E-state index contributed by atoms with van der Waals surface area (Å²) in [5.74, 6) is 3.33. The van der Waals surface area contributed by atoms with E-state index in [9.17, 15) is 8.78 Å². The van der Waals surface area contributed by atoms with Gasteiger partial charge < -0.3 is 4.57 Å². The average Bonchev–Trinajstić information content (AvgIpc) is 2.79. The molecule has 7 heteroatoms. The van der Waals surface area contributed by atoms with E-state index in [4.69, 9.17) is 11.6 Å². The smallest absolute Gasteiger partial charge is 0.153 e. The van der Waals surface area contributed by atoms with Crippen molar-refractivity contribution in [2.45, 2.75) is 18.2 Å². The van der Waals surface area contributed by atoms with Gasteiger partial charge in [-0.2, -0.15) is 23.5 Å². The van der Waals surface area contributed by atoms with Crippen molar-refractivity contribution in [3.8, 4) is 0 Å². The number of thioether (sulfide) groups is 2. The lowest BCUT2D eigenvalue weighted by Gasteiger charge is -2.22. The van der Waals surface area contributed by atoms with Gasteiger partial charge in [-0.25, -0.2) is 13.8 Å². The molecule has 2 nitrogen and oxygen atoms in total.